The summed E-state index contributed by atoms with van der Waals surface area (Å²) in [6.07, 6.45) is 0. The summed E-state index contributed by atoms with van der Waals surface area (Å²) in [5, 5.41) is 1.96. The van der Waals surface area contributed by atoms with Crippen molar-refractivity contribution in [2.75, 3.05) is 7.11 Å². The Morgan fingerprint density at radius 1 is 0.955 bits per heavy atom. The van der Waals surface area contributed by atoms with Gasteiger partial charge in [-0.2, -0.15) is 0 Å². The predicted molar refractivity (Wildman–Crippen MR) is 87.6 cm³/mol. The van der Waals surface area contributed by atoms with Gasteiger partial charge in [-0.15, -0.1) is 0 Å². The molecule has 1 heterocycles. The molecule has 0 fully saturated rings. The Kier molecular flexibility index (Phi) is 3.63. The first-order chi connectivity index (χ1) is 10.6. The minimum absolute atomic E-state index is 0.0277. The quantitative estimate of drug-likeness (QED) is 0.682. The summed E-state index contributed by atoms with van der Waals surface area (Å²) in [5.74, 6) is 0.646. The van der Waals surface area contributed by atoms with Crippen LogP contribution in [0.2, 0.25) is 0 Å². The first-order valence-corrected chi connectivity index (χ1v) is 7.16. The van der Waals surface area contributed by atoms with E-state index in [-0.39, 0.29) is 5.78 Å². The van der Waals surface area contributed by atoms with Gasteiger partial charge in [0.25, 0.3) is 0 Å². The molecule has 3 aromatic rings. The van der Waals surface area contributed by atoms with Gasteiger partial charge in [-0.1, -0.05) is 36.4 Å². The molecular formula is C19H17NO2. The number of nitrogens with zero attached hydrogens (tertiary/aromatic N) is 1. The fourth-order valence-electron chi connectivity index (χ4n) is 2.77. The average Bonchev–Trinajstić information content (AvgIpc) is 2.55. The number of ketones is 1. The van der Waals surface area contributed by atoms with Crippen molar-refractivity contribution >= 4 is 16.6 Å². The van der Waals surface area contributed by atoms with Crippen LogP contribution in [0.15, 0.2) is 48.5 Å². The van der Waals surface area contributed by atoms with Gasteiger partial charge in [-0.05, 0) is 31.4 Å². The molecule has 3 nitrogen and oxygen atoms in total. The molecule has 0 saturated carbocycles. The van der Waals surface area contributed by atoms with Crippen molar-refractivity contribution in [3.05, 3.63) is 71.0 Å². The molecule has 0 atom stereocenters. The third kappa shape index (κ3) is 2.35. The number of aromatic nitrogens is 1. The van der Waals surface area contributed by atoms with E-state index in [4.69, 9.17) is 4.74 Å². The Labute approximate surface area is 129 Å². The first-order valence-electron chi connectivity index (χ1n) is 7.16. The van der Waals surface area contributed by atoms with Gasteiger partial charge in [0.2, 0.25) is 0 Å². The molecule has 0 radical (unpaired) electrons. The number of ether oxygens (including phenoxy) is 1. The van der Waals surface area contributed by atoms with Crippen LogP contribution in [0.25, 0.3) is 10.8 Å². The maximum Gasteiger partial charge on any atom is 0.195 e. The predicted octanol–water partition coefficient (Wildman–Crippen LogP) is 4.09. The summed E-state index contributed by atoms with van der Waals surface area (Å²) in [6, 6.07) is 15.1. The first kappa shape index (κ1) is 14.3. The molecule has 110 valence electrons. The summed E-state index contributed by atoms with van der Waals surface area (Å²) >= 11 is 0. The van der Waals surface area contributed by atoms with E-state index >= 15 is 0 Å². The highest BCUT2D eigenvalue weighted by Crippen LogP contribution is 2.26. The number of pyridine rings is 1. The number of aryl methyl sites for hydroxylation is 2. The van der Waals surface area contributed by atoms with Gasteiger partial charge in [0, 0.05) is 22.3 Å². The molecule has 3 rings (SSSR count). The van der Waals surface area contributed by atoms with Crippen LogP contribution >= 0.6 is 0 Å². The summed E-state index contributed by atoms with van der Waals surface area (Å²) in [4.78, 5) is 17.5. The van der Waals surface area contributed by atoms with E-state index in [1.807, 2.05) is 50.2 Å². The molecule has 0 aliphatic heterocycles. The van der Waals surface area contributed by atoms with E-state index in [2.05, 4.69) is 4.98 Å². The van der Waals surface area contributed by atoms with Crippen LogP contribution in [0.1, 0.15) is 27.3 Å². The molecule has 2 aromatic carbocycles. The second-order valence-electron chi connectivity index (χ2n) is 5.26. The SMILES string of the molecule is COc1cccc(C(=O)c2c(C)nc(C)c3ccccc23)c1. The van der Waals surface area contributed by atoms with E-state index in [0.717, 1.165) is 22.2 Å². The number of carbonyl (C=O) groups excluding carboxylic acids is 1. The molecule has 22 heavy (non-hydrogen) atoms. The molecule has 0 unspecified atom stereocenters. The minimum atomic E-state index is -0.0277. The second-order valence-corrected chi connectivity index (χ2v) is 5.26. The van der Waals surface area contributed by atoms with Crippen LogP contribution in [0, 0.1) is 13.8 Å². The van der Waals surface area contributed by atoms with E-state index in [0.29, 0.717) is 16.9 Å². The van der Waals surface area contributed by atoms with Crippen molar-refractivity contribution in [2.45, 2.75) is 13.8 Å². The van der Waals surface area contributed by atoms with E-state index < -0.39 is 0 Å². The van der Waals surface area contributed by atoms with Crippen LogP contribution in [0.4, 0.5) is 0 Å². The lowest BCUT2D eigenvalue weighted by molar-refractivity contribution is 0.103. The van der Waals surface area contributed by atoms with Crippen LogP contribution in [-0.2, 0) is 0 Å². The maximum atomic E-state index is 13.0. The van der Waals surface area contributed by atoms with E-state index in [1.165, 1.54) is 0 Å². The molecule has 0 saturated heterocycles. The second kappa shape index (κ2) is 5.60. The number of methoxy groups -OCH3 is 1. The van der Waals surface area contributed by atoms with Crippen LogP contribution < -0.4 is 4.74 Å². The zero-order valence-corrected chi connectivity index (χ0v) is 12.9. The molecule has 0 spiro atoms. The molecule has 3 heteroatoms. The van der Waals surface area contributed by atoms with Gasteiger partial charge in [-0.25, -0.2) is 0 Å². The van der Waals surface area contributed by atoms with Crippen LogP contribution in [0.5, 0.6) is 5.75 Å². The van der Waals surface area contributed by atoms with E-state index in [1.54, 1.807) is 19.2 Å². The molecule has 0 N–H and O–H groups in total. The van der Waals surface area contributed by atoms with E-state index in [9.17, 15) is 4.79 Å². The number of benzene rings is 2. The molecule has 0 aliphatic carbocycles. The maximum absolute atomic E-state index is 13.0. The van der Waals surface area contributed by atoms with Crippen molar-refractivity contribution in [3.8, 4) is 5.75 Å². The lowest BCUT2D eigenvalue weighted by Gasteiger charge is -2.11. The summed E-state index contributed by atoms with van der Waals surface area (Å²) in [7, 11) is 1.59. The Bertz CT molecular complexity index is 868. The average molecular weight is 291 g/mol. The van der Waals surface area contributed by atoms with Gasteiger partial charge in [0.15, 0.2) is 5.78 Å². The number of fused-ring (bicyclic) bond motifs is 1. The smallest absolute Gasteiger partial charge is 0.195 e. The van der Waals surface area contributed by atoms with Crippen molar-refractivity contribution < 1.29 is 9.53 Å². The zero-order valence-electron chi connectivity index (χ0n) is 12.9. The van der Waals surface area contributed by atoms with Crippen molar-refractivity contribution in [3.63, 3.8) is 0 Å². The normalized spacial score (nSPS) is 10.7. The Morgan fingerprint density at radius 3 is 2.41 bits per heavy atom. The summed E-state index contributed by atoms with van der Waals surface area (Å²) in [6.45, 7) is 3.85. The Balaban J connectivity index is 2.23. The monoisotopic (exact) mass is 291 g/mol. The van der Waals surface area contributed by atoms with Gasteiger partial charge in [0.05, 0.1) is 12.7 Å². The van der Waals surface area contributed by atoms with Crippen LogP contribution in [0.3, 0.4) is 0 Å². The highest BCUT2D eigenvalue weighted by atomic mass is 16.5. The summed E-state index contributed by atoms with van der Waals surface area (Å²) < 4.78 is 5.21. The highest BCUT2D eigenvalue weighted by molar-refractivity contribution is 6.17. The Morgan fingerprint density at radius 2 is 1.68 bits per heavy atom. The summed E-state index contributed by atoms with van der Waals surface area (Å²) in [5.41, 5.74) is 2.96. The standard InChI is InChI=1S/C19H17NO2/c1-12-16-9-4-5-10-17(16)18(13(2)20-12)19(21)14-7-6-8-15(11-14)22-3/h4-11H,1-3H3. The van der Waals surface area contributed by atoms with Crippen molar-refractivity contribution in [1.82, 2.24) is 4.98 Å². The molecule has 0 bridgehead atoms. The number of hydrogen-bond donors (Lipinski definition) is 0. The van der Waals surface area contributed by atoms with Crippen LogP contribution in [-0.4, -0.2) is 17.9 Å². The third-order valence-corrected chi connectivity index (χ3v) is 3.84. The third-order valence-electron chi connectivity index (χ3n) is 3.84. The van der Waals surface area contributed by atoms with Crippen molar-refractivity contribution in [2.24, 2.45) is 0 Å². The van der Waals surface area contributed by atoms with Gasteiger partial charge in [0.1, 0.15) is 5.75 Å². The largest absolute Gasteiger partial charge is 0.497 e. The van der Waals surface area contributed by atoms with Gasteiger partial charge in [-0.3, -0.25) is 9.78 Å². The fraction of sp³-hybridized carbons (Fsp3) is 0.158. The Hall–Kier alpha value is -2.68. The lowest BCUT2D eigenvalue weighted by Crippen LogP contribution is -2.07. The fourth-order valence-corrected chi connectivity index (χ4v) is 2.77. The number of hydrogen-bond acceptors (Lipinski definition) is 3. The molecule has 1 aromatic heterocycles. The van der Waals surface area contributed by atoms with Crippen molar-refractivity contribution in [1.29, 1.82) is 0 Å². The highest BCUT2D eigenvalue weighted by Gasteiger charge is 2.18. The number of carbonyl (C=O) groups is 1. The molecule has 0 aliphatic rings. The number of rotatable bonds is 3. The van der Waals surface area contributed by atoms with Gasteiger partial charge < -0.3 is 4.74 Å². The van der Waals surface area contributed by atoms with Gasteiger partial charge >= 0.3 is 0 Å². The minimum Gasteiger partial charge on any atom is -0.497 e. The topological polar surface area (TPSA) is 39.2 Å². The lowest BCUT2D eigenvalue weighted by atomic mass is 9.95. The zero-order chi connectivity index (χ0) is 15.7. The molecular weight excluding hydrogens is 274 g/mol. The molecule has 0 amide bonds.